The standard InChI is InChI=1S/C7H15ClO/c1-3-6(2)7(8)4-5-9/h6-7,9H,3-5H2,1-2H3/t6-,7-/m0/s1. The summed E-state index contributed by atoms with van der Waals surface area (Å²) >= 11 is 5.87. The Morgan fingerprint density at radius 3 is 2.44 bits per heavy atom. The first-order chi connectivity index (χ1) is 4.22. The number of aliphatic hydroxyl groups is 1. The number of hydrogen-bond acceptors (Lipinski definition) is 1. The molecule has 0 rings (SSSR count). The monoisotopic (exact) mass is 150 g/mol. The van der Waals surface area contributed by atoms with Crippen LogP contribution in [0.3, 0.4) is 0 Å². The van der Waals surface area contributed by atoms with Crippen molar-refractivity contribution < 1.29 is 5.11 Å². The molecule has 0 aromatic heterocycles. The Balaban J connectivity index is 3.32. The summed E-state index contributed by atoms with van der Waals surface area (Å²) in [6, 6.07) is 0. The molecule has 0 radical (unpaired) electrons. The minimum atomic E-state index is 0.153. The van der Waals surface area contributed by atoms with Gasteiger partial charge >= 0.3 is 0 Å². The predicted octanol–water partition coefficient (Wildman–Crippen LogP) is 2.02. The first-order valence-electron chi connectivity index (χ1n) is 3.47. The summed E-state index contributed by atoms with van der Waals surface area (Å²) in [5.74, 6) is 0.527. The van der Waals surface area contributed by atoms with Crippen LogP contribution in [-0.4, -0.2) is 17.1 Å². The molecule has 0 saturated carbocycles. The minimum absolute atomic E-state index is 0.153. The van der Waals surface area contributed by atoms with Crippen LogP contribution < -0.4 is 0 Å². The molecule has 2 heteroatoms. The summed E-state index contributed by atoms with van der Waals surface area (Å²) in [7, 11) is 0. The van der Waals surface area contributed by atoms with Crippen molar-refractivity contribution in [1.29, 1.82) is 0 Å². The Kier molecular flexibility index (Phi) is 5.21. The van der Waals surface area contributed by atoms with E-state index in [4.69, 9.17) is 16.7 Å². The molecule has 56 valence electrons. The second-order valence-corrected chi connectivity index (χ2v) is 2.97. The number of alkyl halides is 1. The molecule has 9 heavy (non-hydrogen) atoms. The smallest absolute Gasteiger partial charge is 0.0445 e. The van der Waals surface area contributed by atoms with Gasteiger partial charge in [-0.05, 0) is 12.3 Å². The maximum atomic E-state index is 8.50. The fourth-order valence-electron chi connectivity index (χ4n) is 0.664. The van der Waals surface area contributed by atoms with E-state index < -0.39 is 0 Å². The summed E-state index contributed by atoms with van der Waals surface area (Å²) in [5.41, 5.74) is 0. The minimum Gasteiger partial charge on any atom is -0.396 e. The first-order valence-corrected chi connectivity index (χ1v) is 3.91. The summed E-state index contributed by atoms with van der Waals surface area (Å²) < 4.78 is 0. The normalized spacial score (nSPS) is 17.3. The van der Waals surface area contributed by atoms with Crippen LogP contribution in [0.2, 0.25) is 0 Å². The van der Waals surface area contributed by atoms with E-state index in [-0.39, 0.29) is 12.0 Å². The Morgan fingerprint density at radius 2 is 2.11 bits per heavy atom. The van der Waals surface area contributed by atoms with Crippen LogP contribution in [0.15, 0.2) is 0 Å². The Labute approximate surface area is 62.0 Å². The highest BCUT2D eigenvalue weighted by atomic mass is 35.5. The molecule has 0 saturated heterocycles. The number of aliphatic hydroxyl groups excluding tert-OH is 1. The third-order valence-electron chi connectivity index (χ3n) is 1.67. The van der Waals surface area contributed by atoms with Crippen molar-refractivity contribution in [2.45, 2.75) is 32.1 Å². The molecule has 0 spiro atoms. The molecular formula is C7H15ClO. The summed E-state index contributed by atoms with van der Waals surface area (Å²) in [6.45, 7) is 4.42. The van der Waals surface area contributed by atoms with E-state index in [0.29, 0.717) is 5.92 Å². The molecule has 0 heterocycles. The lowest BCUT2D eigenvalue weighted by atomic mass is 10.0. The molecule has 0 bridgehead atoms. The molecule has 0 aliphatic carbocycles. The quantitative estimate of drug-likeness (QED) is 0.608. The molecule has 1 N–H and O–H groups in total. The van der Waals surface area contributed by atoms with E-state index >= 15 is 0 Å². The van der Waals surface area contributed by atoms with Gasteiger partial charge in [0.25, 0.3) is 0 Å². The highest BCUT2D eigenvalue weighted by Gasteiger charge is 2.10. The van der Waals surface area contributed by atoms with Crippen molar-refractivity contribution in [3.63, 3.8) is 0 Å². The van der Waals surface area contributed by atoms with E-state index in [1.165, 1.54) is 0 Å². The zero-order chi connectivity index (χ0) is 7.28. The average molecular weight is 151 g/mol. The van der Waals surface area contributed by atoms with Gasteiger partial charge in [-0.3, -0.25) is 0 Å². The van der Waals surface area contributed by atoms with Gasteiger partial charge in [0.05, 0.1) is 0 Å². The van der Waals surface area contributed by atoms with Gasteiger partial charge in [0.15, 0.2) is 0 Å². The van der Waals surface area contributed by atoms with E-state index in [0.717, 1.165) is 12.8 Å². The van der Waals surface area contributed by atoms with Crippen molar-refractivity contribution in [1.82, 2.24) is 0 Å². The molecule has 1 nitrogen and oxygen atoms in total. The van der Waals surface area contributed by atoms with Gasteiger partial charge in [-0.15, -0.1) is 11.6 Å². The SMILES string of the molecule is CC[C@H](C)[C@@H](Cl)CCO. The molecule has 0 unspecified atom stereocenters. The van der Waals surface area contributed by atoms with Gasteiger partial charge in [0, 0.05) is 12.0 Å². The largest absolute Gasteiger partial charge is 0.396 e. The van der Waals surface area contributed by atoms with Gasteiger partial charge in [-0.2, -0.15) is 0 Å². The van der Waals surface area contributed by atoms with Crippen molar-refractivity contribution in [2.24, 2.45) is 5.92 Å². The van der Waals surface area contributed by atoms with Gasteiger partial charge in [0.1, 0.15) is 0 Å². The van der Waals surface area contributed by atoms with Crippen LogP contribution in [0, 0.1) is 5.92 Å². The van der Waals surface area contributed by atoms with E-state index in [9.17, 15) is 0 Å². The summed E-state index contributed by atoms with van der Waals surface area (Å²) in [6.07, 6.45) is 1.81. The fourth-order valence-corrected chi connectivity index (χ4v) is 0.939. The zero-order valence-electron chi connectivity index (χ0n) is 6.10. The van der Waals surface area contributed by atoms with Gasteiger partial charge in [0.2, 0.25) is 0 Å². The topological polar surface area (TPSA) is 20.2 Å². The van der Waals surface area contributed by atoms with Gasteiger partial charge in [-0.1, -0.05) is 20.3 Å². The van der Waals surface area contributed by atoms with E-state index in [1.54, 1.807) is 0 Å². The third kappa shape index (κ3) is 3.77. The van der Waals surface area contributed by atoms with Crippen LogP contribution in [0.5, 0.6) is 0 Å². The predicted molar refractivity (Wildman–Crippen MR) is 40.8 cm³/mol. The molecule has 0 amide bonds. The average Bonchev–Trinajstić information content (AvgIpc) is 1.87. The van der Waals surface area contributed by atoms with Crippen LogP contribution >= 0.6 is 11.6 Å². The molecular weight excluding hydrogens is 136 g/mol. The molecule has 0 fully saturated rings. The van der Waals surface area contributed by atoms with Gasteiger partial charge in [-0.25, -0.2) is 0 Å². The van der Waals surface area contributed by atoms with Crippen LogP contribution in [-0.2, 0) is 0 Å². The number of halogens is 1. The molecule has 0 aliphatic rings. The summed E-state index contributed by atoms with van der Waals surface area (Å²) in [5, 5.41) is 8.65. The molecule has 0 aromatic rings. The lowest BCUT2D eigenvalue weighted by Crippen LogP contribution is -2.11. The lowest BCUT2D eigenvalue weighted by molar-refractivity contribution is 0.275. The third-order valence-corrected chi connectivity index (χ3v) is 2.31. The van der Waals surface area contributed by atoms with Crippen molar-refractivity contribution in [3.05, 3.63) is 0 Å². The molecule has 2 atom stereocenters. The highest BCUT2D eigenvalue weighted by Crippen LogP contribution is 2.16. The Hall–Kier alpha value is 0.250. The lowest BCUT2D eigenvalue weighted by Gasteiger charge is -2.13. The van der Waals surface area contributed by atoms with Crippen LogP contribution in [0.1, 0.15) is 26.7 Å². The van der Waals surface area contributed by atoms with Crippen LogP contribution in [0.4, 0.5) is 0 Å². The molecule has 0 aromatic carbocycles. The summed E-state index contributed by atoms with van der Waals surface area (Å²) in [4.78, 5) is 0. The Bertz CT molecular complexity index is 65.9. The highest BCUT2D eigenvalue weighted by molar-refractivity contribution is 6.20. The van der Waals surface area contributed by atoms with Gasteiger partial charge < -0.3 is 5.11 Å². The molecule has 0 aliphatic heterocycles. The number of hydrogen-bond donors (Lipinski definition) is 1. The van der Waals surface area contributed by atoms with Crippen LogP contribution in [0.25, 0.3) is 0 Å². The fraction of sp³-hybridized carbons (Fsp3) is 1.00. The van der Waals surface area contributed by atoms with Crippen molar-refractivity contribution in [3.8, 4) is 0 Å². The zero-order valence-corrected chi connectivity index (χ0v) is 6.86. The van der Waals surface area contributed by atoms with Crippen molar-refractivity contribution in [2.75, 3.05) is 6.61 Å². The van der Waals surface area contributed by atoms with E-state index in [1.807, 2.05) is 0 Å². The maximum Gasteiger partial charge on any atom is 0.0445 e. The second-order valence-electron chi connectivity index (χ2n) is 2.41. The first kappa shape index (κ1) is 9.25. The van der Waals surface area contributed by atoms with Crippen molar-refractivity contribution >= 4 is 11.6 Å². The number of rotatable bonds is 4. The second kappa shape index (κ2) is 5.07. The maximum absolute atomic E-state index is 8.50. The Morgan fingerprint density at radius 1 is 1.56 bits per heavy atom. The van der Waals surface area contributed by atoms with E-state index in [2.05, 4.69) is 13.8 Å².